The van der Waals surface area contributed by atoms with Crippen molar-refractivity contribution in [2.45, 2.75) is 19.9 Å². The number of aromatic nitrogens is 1. The summed E-state index contributed by atoms with van der Waals surface area (Å²) in [5.74, 6) is -0.585. The van der Waals surface area contributed by atoms with Crippen LogP contribution in [0, 0.1) is 6.92 Å². The molecule has 0 aliphatic heterocycles. The summed E-state index contributed by atoms with van der Waals surface area (Å²) in [6, 6.07) is 7.13. The molecule has 0 bridgehead atoms. The number of fused-ring (bicyclic) bond motifs is 1. The fourth-order valence-corrected chi connectivity index (χ4v) is 2.80. The van der Waals surface area contributed by atoms with Crippen LogP contribution in [0.1, 0.15) is 27.9 Å². The average molecular weight is 353 g/mol. The van der Waals surface area contributed by atoms with Gasteiger partial charge in [-0.1, -0.05) is 42.4 Å². The first-order chi connectivity index (χ1) is 14.3. The summed E-state index contributed by atoms with van der Waals surface area (Å²) >= 11 is 0. The monoisotopic (exact) mass is 353 g/mol. The summed E-state index contributed by atoms with van der Waals surface area (Å²) < 4.78 is 32.0. The number of hydrogen-bond donors (Lipinski definition) is 4. The van der Waals surface area contributed by atoms with Gasteiger partial charge in [-0.3, -0.25) is 10.0 Å². The minimum absolute atomic E-state index is 0.0103. The van der Waals surface area contributed by atoms with Crippen LogP contribution in [-0.2, 0) is 17.8 Å². The molecule has 0 aliphatic rings. The first kappa shape index (κ1) is 13.3. The Kier molecular flexibility index (Phi) is 4.34. The van der Waals surface area contributed by atoms with Gasteiger partial charge in [-0.15, -0.1) is 0 Å². The average Bonchev–Trinajstić information content (AvgIpc) is 3.09. The molecule has 0 unspecified atom stereocenters. The molecule has 4 N–H and O–H groups in total. The van der Waals surface area contributed by atoms with Crippen LogP contribution in [0.3, 0.4) is 0 Å². The molecule has 1 aromatic heterocycles. The molecule has 5 heteroatoms. The van der Waals surface area contributed by atoms with E-state index in [1.807, 2.05) is 31.2 Å². The Morgan fingerprint density at radius 3 is 2.81 bits per heavy atom. The van der Waals surface area contributed by atoms with Crippen LogP contribution in [0.25, 0.3) is 17.0 Å². The molecule has 134 valence electrons. The van der Waals surface area contributed by atoms with Gasteiger partial charge in [-0.05, 0) is 48.7 Å². The van der Waals surface area contributed by atoms with E-state index < -0.39 is 5.91 Å². The molecule has 0 fully saturated rings. The van der Waals surface area contributed by atoms with Crippen LogP contribution in [0.4, 0.5) is 0 Å². The maximum atomic E-state index is 11.0. The second-order valence-corrected chi connectivity index (χ2v) is 5.96. The molecule has 0 atom stereocenters. The zero-order chi connectivity index (χ0) is 21.8. The van der Waals surface area contributed by atoms with Gasteiger partial charge in [0, 0.05) is 29.2 Å². The van der Waals surface area contributed by atoms with Crippen LogP contribution in [0.15, 0.2) is 54.5 Å². The zero-order valence-corrected chi connectivity index (χ0v) is 14.4. The number of H-pyrrole nitrogens is 1. The van der Waals surface area contributed by atoms with Gasteiger partial charge in [0.05, 0.1) is 5.48 Å². The minimum atomic E-state index is -0.585. The summed E-state index contributed by atoms with van der Waals surface area (Å²) in [5.41, 5.74) is 5.64. The molecular formula is C21H23N3O2. The number of benzene rings is 2. The maximum absolute atomic E-state index is 11.0. The van der Waals surface area contributed by atoms with Crippen LogP contribution in [0.5, 0.6) is 0 Å². The van der Waals surface area contributed by atoms with E-state index in [-0.39, 0.29) is 24.2 Å². The third-order valence-electron chi connectivity index (χ3n) is 4.15. The molecule has 0 radical (unpaired) electrons. The molecule has 26 heavy (non-hydrogen) atoms. The predicted octanol–water partition coefficient (Wildman–Crippen LogP) is 3.33. The summed E-state index contributed by atoms with van der Waals surface area (Å²) in [6.07, 6.45) is 3.47. The third kappa shape index (κ3) is 4.39. The standard InChI is InChI=1S/C21H23N3O2/c1-15-18(19-4-2-3-5-20(19)23-15)12-13-22-14-17-8-6-16(7-9-17)10-11-21(25)24-26/h2-11,22-23,26H,12-14H2,1H3,(H,24,25)/b11-10+/i2D,3D,4D,5D. The number of carbonyl (C=O) groups excluding carboxylic acids is 1. The zero-order valence-electron chi connectivity index (χ0n) is 18.4. The van der Waals surface area contributed by atoms with E-state index in [1.165, 1.54) is 11.6 Å². The van der Waals surface area contributed by atoms with Gasteiger partial charge in [0.2, 0.25) is 0 Å². The molecule has 2 aromatic carbocycles. The van der Waals surface area contributed by atoms with Crippen molar-refractivity contribution in [1.29, 1.82) is 0 Å². The van der Waals surface area contributed by atoms with Crippen LogP contribution >= 0.6 is 0 Å². The fourth-order valence-electron chi connectivity index (χ4n) is 2.80. The van der Waals surface area contributed by atoms with Crippen molar-refractivity contribution in [1.82, 2.24) is 15.8 Å². The Hall–Kier alpha value is -2.89. The van der Waals surface area contributed by atoms with E-state index in [0.29, 0.717) is 30.4 Å². The number of nitrogens with one attached hydrogen (secondary N) is 3. The lowest BCUT2D eigenvalue weighted by Crippen LogP contribution is -2.16. The second kappa shape index (κ2) is 8.47. The van der Waals surface area contributed by atoms with Crippen molar-refractivity contribution >= 4 is 22.9 Å². The third-order valence-corrected chi connectivity index (χ3v) is 4.15. The van der Waals surface area contributed by atoms with Gasteiger partial charge < -0.3 is 10.3 Å². The molecule has 0 saturated carbocycles. The highest BCUT2D eigenvalue weighted by Crippen LogP contribution is 2.21. The first-order valence-electron chi connectivity index (χ1n) is 10.3. The van der Waals surface area contributed by atoms with Gasteiger partial charge >= 0.3 is 0 Å². The van der Waals surface area contributed by atoms with Gasteiger partial charge in [0.15, 0.2) is 0 Å². The minimum Gasteiger partial charge on any atom is -0.358 e. The van der Waals surface area contributed by atoms with E-state index in [9.17, 15) is 4.79 Å². The van der Waals surface area contributed by atoms with Crippen molar-refractivity contribution in [3.8, 4) is 0 Å². The largest absolute Gasteiger partial charge is 0.358 e. The highest BCUT2D eigenvalue weighted by molar-refractivity contribution is 5.90. The molecule has 3 rings (SSSR count). The lowest BCUT2D eigenvalue weighted by Gasteiger charge is -2.06. The van der Waals surface area contributed by atoms with Crippen molar-refractivity contribution in [2.75, 3.05) is 6.54 Å². The van der Waals surface area contributed by atoms with E-state index in [1.54, 1.807) is 6.08 Å². The van der Waals surface area contributed by atoms with Gasteiger partial charge in [-0.25, -0.2) is 5.48 Å². The highest BCUT2D eigenvalue weighted by atomic mass is 16.5. The van der Waals surface area contributed by atoms with Gasteiger partial charge in [0.1, 0.15) is 0 Å². The van der Waals surface area contributed by atoms with Gasteiger partial charge in [-0.2, -0.15) is 0 Å². The molecule has 0 saturated heterocycles. The molecular weight excluding hydrogens is 326 g/mol. The van der Waals surface area contributed by atoms with E-state index in [0.717, 1.165) is 22.4 Å². The SMILES string of the molecule is [2H]c1c([2H])c([2H])c2c(CCNCc3ccc(/C=C/C(=O)NO)cc3)c(C)[nH]c2c1[2H]. The quantitative estimate of drug-likeness (QED) is 0.228. The van der Waals surface area contributed by atoms with Crippen molar-refractivity contribution < 1.29 is 15.5 Å². The Labute approximate surface area is 158 Å². The highest BCUT2D eigenvalue weighted by Gasteiger charge is 2.07. The summed E-state index contributed by atoms with van der Waals surface area (Å²) in [4.78, 5) is 14.1. The molecule has 5 nitrogen and oxygen atoms in total. The summed E-state index contributed by atoms with van der Waals surface area (Å²) in [6.45, 7) is 3.17. The number of aryl methyl sites for hydroxylation is 1. The van der Waals surface area contributed by atoms with E-state index >= 15 is 0 Å². The van der Waals surface area contributed by atoms with Crippen LogP contribution < -0.4 is 10.8 Å². The van der Waals surface area contributed by atoms with Crippen molar-refractivity contribution in [3.63, 3.8) is 0 Å². The molecule has 1 amide bonds. The normalized spacial score (nSPS) is 13.5. The smallest absolute Gasteiger partial charge is 0.267 e. The maximum Gasteiger partial charge on any atom is 0.267 e. The number of carbonyl (C=O) groups is 1. The lowest BCUT2D eigenvalue weighted by atomic mass is 10.1. The Bertz CT molecular complexity index is 1110. The molecule has 1 heterocycles. The first-order valence-corrected chi connectivity index (χ1v) is 8.32. The van der Waals surface area contributed by atoms with Crippen molar-refractivity contribution in [3.05, 3.63) is 76.9 Å². The summed E-state index contributed by atoms with van der Waals surface area (Å²) in [7, 11) is 0. The number of hydroxylamine groups is 1. The van der Waals surface area contributed by atoms with E-state index in [2.05, 4.69) is 10.3 Å². The molecule has 0 aliphatic carbocycles. The van der Waals surface area contributed by atoms with Crippen LogP contribution in [0.2, 0.25) is 0 Å². The number of aromatic amines is 1. The Balaban J connectivity index is 1.64. The second-order valence-electron chi connectivity index (χ2n) is 5.96. The molecule has 3 aromatic rings. The van der Waals surface area contributed by atoms with Crippen molar-refractivity contribution in [2.24, 2.45) is 0 Å². The topological polar surface area (TPSA) is 77.2 Å². The van der Waals surface area contributed by atoms with Gasteiger partial charge in [0.25, 0.3) is 5.91 Å². The number of hydrogen-bond acceptors (Lipinski definition) is 3. The van der Waals surface area contributed by atoms with E-state index in [4.69, 9.17) is 10.7 Å². The Morgan fingerprint density at radius 1 is 1.27 bits per heavy atom. The molecule has 0 spiro atoms. The number of para-hydroxylation sites is 1. The fraction of sp³-hybridized carbons (Fsp3) is 0.190. The lowest BCUT2D eigenvalue weighted by molar-refractivity contribution is -0.124. The number of amides is 1. The summed E-state index contributed by atoms with van der Waals surface area (Å²) in [5, 5.41) is 12.4. The van der Waals surface area contributed by atoms with Crippen LogP contribution in [-0.4, -0.2) is 22.6 Å². The Morgan fingerprint density at radius 2 is 2.04 bits per heavy atom. The number of rotatable bonds is 7. The predicted molar refractivity (Wildman–Crippen MR) is 104 cm³/mol.